The van der Waals surface area contributed by atoms with E-state index in [2.05, 4.69) is 5.32 Å². The van der Waals surface area contributed by atoms with Gasteiger partial charge in [0, 0.05) is 24.2 Å². The maximum absolute atomic E-state index is 12.0. The van der Waals surface area contributed by atoms with Gasteiger partial charge in [-0.2, -0.15) is 0 Å². The van der Waals surface area contributed by atoms with Gasteiger partial charge in [-0.15, -0.1) is 0 Å². The summed E-state index contributed by atoms with van der Waals surface area (Å²) in [5.74, 6) is -0.163. The van der Waals surface area contributed by atoms with E-state index in [0.717, 1.165) is 6.42 Å². The van der Waals surface area contributed by atoms with Crippen molar-refractivity contribution in [2.24, 2.45) is 5.73 Å². The first-order valence-electron chi connectivity index (χ1n) is 6.47. The Morgan fingerprint density at radius 1 is 1.37 bits per heavy atom. The number of amides is 2. The molecule has 0 radical (unpaired) electrons. The Morgan fingerprint density at radius 2 is 2.05 bits per heavy atom. The number of nitrogens with two attached hydrogens (primary N) is 1. The van der Waals surface area contributed by atoms with Crippen LogP contribution in [0.5, 0.6) is 0 Å². The molecular weight excluding hydrogens is 242 g/mol. The topological polar surface area (TPSA) is 75.4 Å². The molecule has 1 fully saturated rings. The summed E-state index contributed by atoms with van der Waals surface area (Å²) in [6.07, 6.45) is 0.768. The number of carbonyl (C=O) groups is 2. The van der Waals surface area contributed by atoms with Crippen molar-refractivity contribution in [2.45, 2.75) is 25.4 Å². The minimum absolute atomic E-state index is 0.00166. The SMILES string of the molecule is C[C@@H]1C[C@@H](NC(=O)c2ccccc2)CN1C(=O)CN. The maximum atomic E-state index is 12.0. The number of nitrogens with zero attached hydrogens (tertiary/aromatic N) is 1. The van der Waals surface area contributed by atoms with Crippen molar-refractivity contribution in [3.05, 3.63) is 35.9 Å². The molecule has 19 heavy (non-hydrogen) atoms. The monoisotopic (exact) mass is 261 g/mol. The number of likely N-dealkylation sites (tertiary alicyclic amines) is 1. The predicted octanol–water partition coefficient (Wildman–Crippen LogP) is 0.365. The largest absolute Gasteiger partial charge is 0.347 e. The van der Waals surface area contributed by atoms with Crippen LogP contribution in [0, 0.1) is 0 Å². The lowest BCUT2D eigenvalue weighted by atomic mass is 10.1. The minimum atomic E-state index is -0.0974. The Morgan fingerprint density at radius 3 is 2.68 bits per heavy atom. The van der Waals surface area contributed by atoms with Crippen molar-refractivity contribution in [1.82, 2.24) is 10.2 Å². The van der Waals surface area contributed by atoms with Gasteiger partial charge in [0.2, 0.25) is 5.91 Å². The highest BCUT2D eigenvalue weighted by atomic mass is 16.2. The second kappa shape index (κ2) is 5.84. The highest BCUT2D eigenvalue weighted by Crippen LogP contribution is 2.17. The summed E-state index contributed by atoms with van der Waals surface area (Å²) in [6, 6.07) is 9.20. The lowest BCUT2D eigenvalue weighted by molar-refractivity contribution is -0.130. The maximum Gasteiger partial charge on any atom is 0.251 e. The van der Waals surface area contributed by atoms with Gasteiger partial charge >= 0.3 is 0 Å². The van der Waals surface area contributed by atoms with Crippen LogP contribution < -0.4 is 11.1 Å². The van der Waals surface area contributed by atoms with E-state index < -0.39 is 0 Å². The van der Waals surface area contributed by atoms with E-state index in [0.29, 0.717) is 12.1 Å². The third-order valence-corrected chi connectivity index (χ3v) is 3.44. The van der Waals surface area contributed by atoms with E-state index in [1.54, 1.807) is 17.0 Å². The molecular formula is C14H19N3O2. The third-order valence-electron chi connectivity index (χ3n) is 3.44. The molecule has 1 aromatic carbocycles. The number of benzene rings is 1. The van der Waals surface area contributed by atoms with Crippen LogP contribution in [0.3, 0.4) is 0 Å². The fourth-order valence-electron chi connectivity index (χ4n) is 2.46. The van der Waals surface area contributed by atoms with Gasteiger partial charge in [0.1, 0.15) is 0 Å². The van der Waals surface area contributed by atoms with E-state index in [1.165, 1.54) is 0 Å². The number of hydrogen-bond donors (Lipinski definition) is 2. The molecule has 2 rings (SSSR count). The Bertz CT molecular complexity index is 461. The van der Waals surface area contributed by atoms with Crippen LogP contribution in [0.2, 0.25) is 0 Å². The van der Waals surface area contributed by atoms with E-state index in [9.17, 15) is 9.59 Å². The van der Waals surface area contributed by atoms with Crippen LogP contribution >= 0.6 is 0 Å². The van der Waals surface area contributed by atoms with E-state index in [1.807, 2.05) is 25.1 Å². The summed E-state index contributed by atoms with van der Waals surface area (Å²) in [5, 5.41) is 2.96. The lowest BCUT2D eigenvalue weighted by Gasteiger charge is -2.20. The zero-order valence-electron chi connectivity index (χ0n) is 11.0. The molecule has 0 bridgehead atoms. The van der Waals surface area contributed by atoms with Gasteiger partial charge in [0.15, 0.2) is 0 Å². The molecule has 1 aliphatic rings. The summed E-state index contributed by atoms with van der Waals surface area (Å²) in [5.41, 5.74) is 6.01. The molecule has 0 aromatic heterocycles. The van der Waals surface area contributed by atoms with Gasteiger partial charge in [-0.3, -0.25) is 9.59 Å². The molecule has 2 amide bonds. The van der Waals surface area contributed by atoms with Crippen LogP contribution in [0.1, 0.15) is 23.7 Å². The fourth-order valence-corrected chi connectivity index (χ4v) is 2.46. The first-order chi connectivity index (χ1) is 9.11. The van der Waals surface area contributed by atoms with Crippen LogP contribution in [0.25, 0.3) is 0 Å². The Balaban J connectivity index is 1.95. The average Bonchev–Trinajstić information content (AvgIpc) is 2.79. The molecule has 5 nitrogen and oxygen atoms in total. The quantitative estimate of drug-likeness (QED) is 0.825. The van der Waals surface area contributed by atoms with Gasteiger partial charge in [-0.25, -0.2) is 0 Å². The standard InChI is InChI=1S/C14H19N3O2/c1-10-7-12(9-17(10)13(18)8-15)16-14(19)11-5-3-2-4-6-11/h2-6,10,12H,7-9,15H2,1H3,(H,16,19)/t10-,12-/m1/s1. The molecule has 1 aliphatic heterocycles. The van der Waals surface area contributed by atoms with Crippen molar-refractivity contribution in [3.8, 4) is 0 Å². The first kappa shape index (κ1) is 13.5. The summed E-state index contributed by atoms with van der Waals surface area (Å²) in [7, 11) is 0. The van der Waals surface area contributed by atoms with Crippen LogP contribution in [0.4, 0.5) is 0 Å². The fraction of sp³-hybridized carbons (Fsp3) is 0.429. The molecule has 1 saturated heterocycles. The Labute approximate surface area is 112 Å². The van der Waals surface area contributed by atoms with Crippen molar-refractivity contribution in [2.75, 3.05) is 13.1 Å². The van der Waals surface area contributed by atoms with Gasteiger partial charge in [-0.1, -0.05) is 18.2 Å². The van der Waals surface area contributed by atoms with Crippen LogP contribution in [-0.4, -0.2) is 41.9 Å². The summed E-state index contributed by atoms with van der Waals surface area (Å²) in [6.45, 7) is 2.53. The molecule has 5 heteroatoms. The Hall–Kier alpha value is -1.88. The predicted molar refractivity (Wildman–Crippen MR) is 72.5 cm³/mol. The minimum Gasteiger partial charge on any atom is -0.347 e. The molecule has 1 heterocycles. The molecule has 102 valence electrons. The normalized spacial score (nSPS) is 22.3. The van der Waals surface area contributed by atoms with Crippen molar-refractivity contribution in [1.29, 1.82) is 0 Å². The zero-order chi connectivity index (χ0) is 13.8. The zero-order valence-corrected chi connectivity index (χ0v) is 11.0. The van der Waals surface area contributed by atoms with E-state index >= 15 is 0 Å². The van der Waals surface area contributed by atoms with E-state index in [4.69, 9.17) is 5.73 Å². The second-order valence-electron chi connectivity index (χ2n) is 4.87. The molecule has 1 aromatic rings. The smallest absolute Gasteiger partial charge is 0.251 e. The highest BCUT2D eigenvalue weighted by Gasteiger charge is 2.32. The van der Waals surface area contributed by atoms with E-state index in [-0.39, 0.29) is 30.4 Å². The van der Waals surface area contributed by atoms with Gasteiger partial charge in [-0.05, 0) is 25.5 Å². The molecule has 0 saturated carbocycles. The first-order valence-corrected chi connectivity index (χ1v) is 6.47. The average molecular weight is 261 g/mol. The van der Waals surface area contributed by atoms with Crippen LogP contribution in [0.15, 0.2) is 30.3 Å². The van der Waals surface area contributed by atoms with Crippen molar-refractivity contribution < 1.29 is 9.59 Å². The summed E-state index contributed by atoms with van der Waals surface area (Å²) < 4.78 is 0. The lowest BCUT2D eigenvalue weighted by Crippen LogP contribution is -2.41. The Kier molecular flexibility index (Phi) is 4.16. The number of rotatable bonds is 3. The van der Waals surface area contributed by atoms with Crippen molar-refractivity contribution in [3.63, 3.8) is 0 Å². The number of hydrogen-bond acceptors (Lipinski definition) is 3. The van der Waals surface area contributed by atoms with Crippen LogP contribution in [-0.2, 0) is 4.79 Å². The van der Waals surface area contributed by atoms with Gasteiger partial charge in [0.05, 0.1) is 6.54 Å². The highest BCUT2D eigenvalue weighted by molar-refractivity contribution is 5.94. The molecule has 0 spiro atoms. The summed E-state index contributed by atoms with van der Waals surface area (Å²) in [4.78, 5) is 25.4. The molecule has 0 unspecified atom stereocenters. The molecule has 2 atom stereocenters. The number of nitrogens with one attached hydrogen (secondary N) is 1. The second-order valence-corrected chi connectivity index (χ2v) is 4.87. The molecule has 0 aliphatic carbocycles. The third kappa shape index (κ3) is 3.12. The number of carbonyl (C=O) groups excluding carboxylic acids is 2. The van der Waals surface area contributed by atoms with Crippen molar-refractivity contribution >= 4 is 11.8 Å². The molecule has 3 N–H and O–H groups in total. The van der Waals surface area contributed by atoms with Gasteiger partial charge in [0.25, 0.3) is 5.91 Å². The van der Waals surface area contributed by atoms with Gasteiger partial charge < -0.3 is 16.0 Å². The summed E-state index contributed by atoms with van der Waals surface area (Å²) >= 11 is 0.